The van der Waals surface area contributed by atoms with Gasteiger partial charge < -0.3 is 4.74 Å². The average Bonchev–Trinajstić information content (AvgIpc) is 2.02. The normalized spacial score (nSPS) is 16.1. The number of carbonyl (C=O) groups is 1. The van der Waals surface area contributed by atoms with Crippen LogP contribution in [0.3, 0.4) is 0 Å². The zero-order chi connectivity index (χ0) is 10.7. The molecule has 1 radical (unpaired) electrons. The minimum atomic E-state index is -1.54. The molecule has 1 unspecified atom stereocenters. The summed E-state index contributed by atoms with van der Waals surface area (Å²) in [5.74, 6) is -0.353. The van der Waals surface area contributed by atoms with Gasteiger partial charge in [-0.05, 0) is 20.3 Å². The number of carbonyl (C=O) groups excluding carboxylic acids is 1. The fourth-order valence-corrected chi connectivity index (χ4v) is 2.00. The van der Waals surface area contributed by atoms with Gasteiger partial charge in [0.15, 0.2) is 0 Å². The lowest BCUT2D eigenvalue weighted by atomic mass is 10.3. The Bertz CT molecular complexity index is 205. The van der Waals surface area contributed by atoms with Crippen molar-refractivity contribution in [3.8, 4) is 0 Å². The molecule has 0 aromatic rings. The molecular formula is C10H19O2Si. The Hall–Kier alpha value is -0.573. The summed E-state index contributed by atoms with van der Waals surface area (Å²) in [4.78, 5) is 11.1. The maximum atomic E-state index is 11.1. The predicted molar refractivity (Wildman–Crippen MR) is 58.0 cm³/mol. The first-order valence-corrected chi connectivity index (χ1v) is 7.91. The van der Waals surface area contributed by atoms with Crippen molar-refractivity contribution >= 4 is 14.0 Å². The predicted octanol–water partition coefficient (Wildman–Crippen LogP) is 2.58. The molecule has 0 saturated heterocycles. The zero-order valence-electron chi connectivity index (χ0n) is 9.02. The fourth-order valence-electron chi connectivity index (χ4n) is 0.843. The summed E-state index contributed by atoms with van der Waals surface area (Å²) in [6, 6.07) is 0. The molecule has 0 heterocycles. The Balaban J connectivity index is 4.65. The van der Waals surface area contributed by atoms with Crippen LogP contribution in [0.2, 0.25) is 19.6 Å². The maximum absolute atomic E-state index is 11.1. The van der Waals surface area contributed by atoms with E-state index in [-0.39, 0.29) is 5.97 Å². The van der Waals surface area contributed by atoms with E-state index in [0.717, 1.165) is 0 Å². The Morgan fingerprint density at radius 2 is 2.00 bits per heavy atom. The lowest BCUT2D eigenvalue weighted by Gasteiger charge is -2.38. The Morgan fingerprint density at radius 1 is 1.54 bits per heavy atom. The molecule has 0 aliphatic heterocycles. The van der Waals surface area contributed by atoms with Crippen molar-refractivity contribution in [2.45, 2.75) is 38.2 Å². The van der Waals surface area contributed by atoms with E-state index in [9.17, 15) is 4.79 Å². The van der Waals surface area contributed by atoms with Crippen molar-refractivity contribution < 1.29 is 9.53 Å². The van der Waals surface area contributed by atoms with Crippen LogP contribution in [0.15, 0.2) is 12.7 Å². The van der Waals surface area contributed by atoms with Gasteiger partial charge in [-0.1, -0.05) is 26.2 Å². The molecule has 1 atom stereocenters. The van der Waals surface area contributed by atoms with Gasteiger partial charge in [0.1, 0.15) is 0 Å². The van der Waals surface area contributed by atoms with E-state index >= 15 is 0 Å². The molecule has 0 aromatic carbocycles. The highest BCUT2D eigenvalue weighted by atomic mass is 28.3. The van der Waals surface area contributed by atoms with Gasteiger partial charge in [0.2, 0.25) is 0 Å². The molecule has 0 aromatic heterocycles. The number of rotatable bonds is 4. The third kappa shape index (κ3) is 2.99. The van der Waals surface area contributed by atoms with E-state index in [1.54, 1.807) is 0 Å². The first-order valence-electron chi connectivity index (χ1n) is 4.41. The molecule has 0 aliphatic rings. The highest BCUT2D eigenvalue weighted by molar-refractivity contribution is 6.79. The van der Waals surface area contributed by atoms with Crippen molar-refractivity contribution in [2.75, 3.05) is 0 Å². The number of esters is 1. The largest absolute Gasteiger partial charge is 0.460 e. The molecule has 0 fully saturated rings. The van der Waals surface area contributed by atoms with Crippen molar-refractivity contribution in [1.82, 2.24) is 0 Å². The second-order valence-electron chi connectivity index (χ2n) is 4.36. The monoisotopic (exact) mass is 199 g/mol. The first kappa shape index (κ1) is 12.4. The SMILES string of the molecule is [CH2]CC(C)(OC(=O)C=C)[Si](C)(C)C. The van der Waals surface area contributed by atoms with Gasteiger partial charge in [-0.25, -0.2) is 4.79 Å². The molecular weight excluding hydrogens is 180 g/mol. The molecule has 0 amide bonds. The Kier molecular flexibility index (Phi) is 3.91. The zero-order valence-corrected chi connectivity index (χ0v) is 10.0. The van der Waals surface area contributed by atoms with E-state index in [0.29, 0.717) is 6.42 Å². The fraction of sp³-hybridized carbons (Fsp3) is 0.600. The van der Waals surface area contributed by atoms with Gasteiger partial charge in [-0.3, -0.25) is 0 Å². The van der Waals surface area contributed by atoms with Crippen molar-refractivity contribution in [1.29, 1.82) is 0 Å². The highest BCUT2D eigenvalue weighted by Gasteiger charge is 2.40. The molecule has 0 aliphatic carbocycles. The van der Waals surface area contributed by atoms with Gasteiger partial charge in [-0.15, -0.1) is 0 Å². The average molecular weight is 199 g/mol. The van der Waals surface area contributed by atoms with Crippen LogP contribution in [0.5, 0.6) is 0 Å². The molecule has 0 N–H and O–H groups in total. The van der Waals surface area contributed by atoms with E-state index in [4.69, 9.17) is 4.74 Å². The van der Waals surface area contributed by atoms with Crippen molar-refractivity contribution in [3.63, 3.8) is 0 Å². The molecule has 0 saturated carbocycles. The summed E-state index contributed by atoms with van der Waals surface area (Å²) >= 11 is 0. The minimum absolute atomic E-state index is 0.353. The number of hydrogen-bond donors (Lipinski definition) is 0. The summed E-state index contributed by atoms with van der Waals surface area (Å²) in [6.45, 7) is 15.7. The number of ether oxygens (including phenoxy) is 1. The smallest absolute Gasteiger partial charge is 0.330 e. The molecule has 0 bridgehead atoms. The van der Waals surface area contributed by atoms with Crippen LogP contribution in [-0.2, 0) is 9.53 Å². The maximum Gasteiger partial charge on any atom is 0.330 e. The van der Waals surface area contributed by atoms with Crippen LogP contribution in [0.1, 0.15) is 13.3 Å². The summed E-state index contributed by atoms with van der Waals surface area (Å²) < 4.78 is 5.34. The van der Waals surface area contributed by atoms with E-state index in [1.165, 1.54) is 6.08 Å². The summed E-state index contributed by atoms with van der Waals surface area (Å²) in [6.07, 6.45) is 1.82. The van der Waals surface area contributed by atoms with Crippen LogP contribution in [0, 0.1) is 6.92 Å². The second kappa shape index (κ2) is 4.09. The lowest BCUT2D eigenvalue weighted by Crippen LogP contribution is -2.52. The van der Waals surface area contributed by atoms with E-state index in [1.807, 2.05) is 6.92 Å². The topological polar surface area (TPSA) is 26.3 Å². The third-order valence-corrected chi connectivity index (χ3v) is 6.08. The van der Waals surface area contributed by atoms with Crippen molar-refractivity contribution in [2.24, 2.45) is 0 Å². The Labute approximate surface area is 82.0 Å². The molecule has 13 heavy (non-hydrogen) atoms. The van der Waals surface area contributed by atoms with Gasteiger partial charge in [0.05, 0.1) is 13.3 Å². The Morgan fingerprint density at radius 3 is 2.23 bits per heavy atom. The highest BCUT2D eigenvalue weighted by Crippen LogP contribution is 2.27. The van der Waals surface area contributed by atoms with E-state index in [2.05, 4.69) is 33.1 Å². The lowest BCUT2D eigenvalue weighted by molar-refractivity contribution is -0.145. The quantitative estimate of drug-likeness (QED) is 0.395. The van der Waals surface area contributed by atoms with Gasteiger partial charge >= 0.3 is 5.97 Å². The summed E-state index contributed by atoms with van der Waals surface area (Å²) in [5.41, 5.74) is 0. The standard InChI is InChI=1S/C10H19O2Si/c1-7-9(11)12-10(3,8-2)13(4,5)6/h7H,1-2,8H2,3-6H3. The molecule has 2 nitrogen and oxygen atoms in total. The summed E-state index contributed by atoms with van der Waals surface area (Å²) in [7, 11) is -1.54. The molecule has 75 valence electrons. The van der Waals surface area contributed by atoms with Gasteiger partial charge in [-0.2, -0.15) is 0 Å². The van der Waals surface area contributed by atoms with Gasteiger partial charge in [0, 0.05) is 6.08 Å². The van der Waals surface area contributed by atoms with Crippen LogP contribution in [0.25, 0.3) is 0 Å². The van der Waals surface area contributed by atoms with Crippen LogP contribution in [-0.4, -0.2) is 19.3 Å². The van der Waals surface area contributed by atoms with Crippen LogP contribution < -0.4 is 0 Å². The molecule has 0 rings (SSSR count). The first-order chi connectivity index (χ1) is 5.77. The molecule has 0 spiro atoms. The second-order valence-corrected chi connectivity index (χ2v) is 9.91. The number of hydrogen-bond acceptors (Lipinski definition) is 2. The summed E-state index contributed by atoms with van der Waals surface area (Å²) in [5, 5.41) is -0.391. The third-order valence-electron chi connectivity index (χ3n) is 2.56. The molecule has 3 heteroatoms. The van der Waals surface area contributed by atoms with Crippen molar-refractivity contribution in [3.05, 3.63) is 19.6 Å². The van der Waals surface area contributed by atoms with Gasteiger partial charge in [0.25, 0.3) is 0 Å². The van der Waals surface area contributed by atoms with Crippen LogP contribution in [0.4, 0.5) is 0 Å². The van der Waals surface area contributed by atoms with E-state index < -0.39 is 13.3 Å². The minimum Gasteiger partial charge on any atom is -0.460 e. The van der Waals surface area contributed by atoms with Crippen LogP contribution >= 0.6 is 0 Å².